The van der Waals surface area contributed by atoms with Gasteiger partial charge in [0, 0.05) is 43.2 Å². The number of rotatable bonds is 13. The van der Waals surface area contributed by atoms with E-state index in [2.05, 4.69) is 9.55 Å². The predicted molar refractivity (Wildman–Crippen MR) is 151 cm³/mol. The van der Waals surface area contributed by atoms with E-state index in [0.717, 1.165) is 35.9 Å². The minimum absolute atomic E-state index is 0.128. The maximum atomic E-state index is 12.0. The molecule has 42 heavy (non-hydrogen) atoms. The molecule has 0 aliphatic heterocycles. The van der Waals surface area contributed by atoms with Crippen LogP contribution in [-0.4, -0.2) is 51.2 Å². The van der Waals surface area contributed by atoms with Gasteiger partial charge in [-0.3, -0.25) is 4.55 Å². The Morgan fingerprint density at radius 1 is 0.976 bits per heavy atom. The van der Waals surface area contributed by atoms with E-state index >= 15 is 0 Å². The Labute approximate surface area is 241 Å². The van der Waals surface area contributed by atoms with Gasteiger partial charge in [-0.1, -0.05) is 12.1 Å². The maximum Gasteiger partial charge on any atom is 0.333 e. The van der Waals surface area contributed by atoms with Crippen LogP contribution in [0.2, 0.25) is 0 Å². The van der Waals surface area contributed by atoms with Crippen LogP contribution in [0.5, 0.6) is 17.5 Å². The van der Waals surface area contributed by atoms with Crippen molar-refractivity contribution in [1.82, 2.24) is 9.71 Å². The van der Waals surface area contributed by atoms with Gasteiger partial charge in [0.15, 0.2) is 11.8 Å². The van der Waals surface area contributed by atoms with Crippen LogP contribution in [0.3, 0.4) is 0 Å². The molecule has 3 aromatic heterocycles. The zero-order chi connectivity index (χ0) is 29.7. The average Bonchev–Trinajstić information content (AvgIpc) is 3.52. The third-order valence-electron chi connectivity index (χ3n) is 6.60. The van der Waals surface area contributed by atoms with Gasteiger partial charge < -0.3 is 24.2 Å². The number of fused-ring (bicyclic) bond motifs is 2. The summed E-state index contributed by atoms with van der Waals surface area (Å²) >= 11 is 0. The Balaban J connectivity index is 1.21. The molecule has 5 aromatic rings. The van der Waals surface area contributed by atoms with Crippen molar-refractivity contribution in [3.8, 4) is 29.0 Å². The first-order chi connectivity index (χ1) is 20.2. The third-order valence-corrected chi connectivity index (χ3v) is 7.41. The maximum absolute atomic E-state index is 12.0. The summed E-state index contributed by atoms with van der Waals surface area (Å²) in [5, 5.41) is 20.1. The molecule has 0 bridgehead atoms. The number of ether oxygens (including phenoxy) is 1. The summed E-state index contributed by atoms with van der Waals surface area (Å²) < 4.78 is 45.1. The number of unbranched alkanes of at least 4 members (excludes halogenated alkanes) is 2. The van der Waals surface area contributed by atoms with Crippen LogP contribution in [0.1, 0.15) is 32.1 Å². The highest BCUT2D eigenvalue weighted by Crippen LogP contribution is 2.31. The topological polar surface area (TPSA) is 165 Å². The van der Waals surface area contributed by atoms with Crippen molar-refractivity contribution in [2.24, 2.45) is 0 Å². The van der Waals surface area contributed by atoms with Gasteiger partial charge in [0.05, 0.1) is 23.3 Å². The molecule has 13 heteroatoms. The molecule has 0 spiro atoms. The number of aromatic hydroxyl groups is 2. The molecule has 0 atom stereocenters. The number of aryl methyl sites for hydroxylation is 1. The van der Waals surface area contributed by atoms with E-state index in [4.69, 9.17) is 18.5 Å². The van der Waals surface area contributed by atoms with E-state index in [1.54, 1.807) is 18.2 Å². The molecule has 0 saturated carbocycles. The van der Waals surface area contributed by atoms with Crippen molar-refractivity contribution in [3.05, 3.63) is 66.9 Å². The zero-order valence-electron chi connectivity index (χ0n) is 22.5. The molecular weight excluding hydrogens is 566 g/mol. The van der Waals surface area contributed by atoms with Crippen molar-refractivity contribution in [2.75, 3.05) is 12.4 Å². The number of carbonyl (C=O) groups is 1. The van der Waals surface area contributed by atoms with Gasteiger partial charge in [0.2, 0.25) is 23.2 Å². The summed E-state index contributed by atoms with van der Waals surface area (Å²) in [5.41, 5.74) is 3.00. The van der Waals surface area contributed by atoms with Gasteiger partial charge in [-0.25, -0.2) is 9.78 Å². The lowest BCUT2D eigenvalue weighted by molar-refractivity contribution is -0.671. The number of aromatic nitrogens is 3. The van der Waals surface area contributed by atoms with Crippen molar-refractivity contribution >= 4 is 38.1 Å². The highest BCUT2D eigenvalue weighted by molar-refractivity contribution is 7.85. The van der Waals surface area contributed by atoms with E-state index in [1.807, 2.05) is 36.5 Å². The second kappa shape index (κ2) is 12.5. The summed E-state index contributed by atoms with van der Waals surface area (Å²) in [4.78, 5) is 21.7. The van der Waals surface area contributed by atoms with Crippen LogP contribution >= 0.6 is 0 Å². The normalized spacial score (nSPS) is 11.7. The van der Waals surface area contributed by atoms with E-state index in [9.17, 15) is 23.4 Å². The SMILES string of the molecule is O=C(CCCCC[n+]1ccc(-c2nc3ccc(OCCCS(=O)(=O)O)cc3o2)c2ccccc21)On1c(O)ccc1O. The fourth-order valence-corrected chi connectivity index (χ4v) is 5.06. The van der Waals surface area contributed by atoms with Crippen LogP contribution in [0.25, 0.3) is 33.5 Å². The molecule has 0 amide bonds. The van der Waals surface area contributed by atoms with Crippen LogP contribution < -0.4 is 14.1 Å². The third kappa shape index (κ3) is 6.98. The summed E-state index contributed by atoms with van der Waals surface area (Å²) in [6, 6.07) is 17.5. The number of hydrogen-bond donors (Lipinski definition) is 3. The predicted octanol–water partition coefficient (Wildman–Crippen LogP) is 4.02. The fourth-order valence-electron chi connectivity index (χ4n) is 4.58. The Hall–Kier alpha value is -4.62. The van der Waals surface area contributed by atoms with Gasteiger partial charge >= 0.3 is 5.97 Å². The lowest BCUT2D eigenvalue weighted by Gasteiger charge is -2.07. The fraction of sp³-hybridized carbons (Fsp3) is 0.276. The molecular formula is C29H30N3O9S+. The summed E-state index contributed by atoms with van der Waals surface area (Å²) in [5.74, 6) is -0.662. The van der Waals surface area contributed by atoms with E-state index in [-0.39, 0.29) is 37.0 Å². The molecule has 0 aliphatic rings. The Morgan fingerprint density at radius 3 is 2.55 bits per heavy atom. The van der Waals surface area contributed by atoms with Crippen LogP contribution in [0.4, 0.5) is 0 Å². The molecule has 12 nitrogen and oxygen atoms in total. The van der Waals surface area contributed by atoms with Crippen LogP contribution in [0, 0.1) is 0 Å². The largest absolute Gasteiger partial charge is 0.493 e. The van der Waals surface area contributed by atoms with Crippen LogP contribution in [0.15, 0.2) is 71.3 Å². The Morgan fingerprint density at radius 2 is 1.76 bits per heavy atom. The lowest BCUT2D eigenvalue weighted by Crippen LogP contribution is -2.34. The number of carbonyl (C=O) groups excluding carboxylic acids is 1. The molecule has 220 valence electrons. The van der Waals surface area contributed by atoms with Gasteiger partial charge in [0.25, 0.3) is 10.1 Å². The summed E-state index contributed by atoms with van der Waals surface area (Å²) in [7, 11) is -4.03. The summed E-state index contributed by atoms with van der Waals surface area (Å²) in [6.45, 7) is 0.851. The molecule has 0 aliphatic carbocycles. The van der Waals surface area contributed by atoms with E-state index in [1.165, 1.54) is 12.1 Å². The first-order valence-corrected chi connectivity index (χ1v) is 15.0. The number of oxazole rings is 1. The average molecular weight is 597 g/mol. The van der Waals surface area contributed by atoms with Crippen molar-refractivity contribution in [1.29, 1.82) is 0 Å². The minimum Gasteiger partial charge on any atom is -0.493 e. The molecule has 0 saturated heterocycles. The standard InChI is InChI=1S/C29H29N3O9S/c33-26-12-13-27(34)32(26)41-28(35)9-2-1-5-15-31-16-14-22(21-7-3-4-8-24(21)31)29-30-23-11-10-20(19-25(23)40-29)39-17-6-18-42(36,37)38/h3-4,7-8,10-14,16,19,30H,1-2,5-6,9,15,17-18H2,(H,36,37,38)/p+1. The molecule has 0 fully saturated rings. The molecule has 2 aromatic carbocycles. The first-order valence-electron chi connectivity index (χ1n) is 13.4. The Kier molecular flexibility index (Phi) is 8.59. The lowest BCUT2D eigenvalue weighted by atomic mass is 10.1. The minimum atomic E-state index is -4.03. The molecule has 0 radical (unpaired) electrons. The number of nitrogens with zero attached hydrogens (tertiary/aromatic N) is 3. The van der Waals surface area contributed by atoms with E-state index in [0.29, 0.717) is 33.9 Å². The first kappa shape index (κ1) is 28.9. The number of para-hydroxylation sites is 1. The number of pyridine rings is 1. The zero-order valence-corrected chi connectivity index (χ0v) is 23.4. The van der Waals surface area contributed by atoms with Gasteiger partial charge in [0.1, 0.15) is 17.8 Å². The molecule has 3 heterocycles. The number of benzene rings is 2. The molecule has 3 N–H and O–H groups in total. The smallest absolute Gasteiger partial charge is 0.333 e. The number of hydrogen-bond acceptors (Lipinski definition) is 9. The Bertz CT molecular complexity index is 1810. The van der Waals surface area contributed by atoms with Crippen LogP contribution in [-0.2, 0) is 21.5 Å². The van der Waals surface area contributed by atoms with E-state index < -0.39 is 16.1 Å². The van der Waals surface area contributed by atoms with Crippen molar-refractivity contribution in [2.45, 2.75) is 38.6 Å². The van der Waals surface area contributed by atoms with Gasteiger partial charge in [-0.05, 0) is 37.5 Å². The van der Waals surface area contributed by atoms with Crippen molar-refractivity contribution < 1.29 is 46.5 Å². The quantitative estimate of drug-likeness (QED) is 0.103. The van der Waals surface area contributed by atoms with Gasteiger partial charge in [-0.15, -0.1) is 4.73 Å². The highest BCUT2D eigenvalue weighted by atomic mass is 32.2. The monoisotopic (exact) mass is 596 g/mol. The highest BCUT2D eigenvalue weighted by Gasteiger charge is 2.18. The molecule has 5 rings (SSSR count). The second-order valence-corrected chi connectivity index (χ2v) is 11.3. The molecule has 0 unspecified atom stereocenters. The van der Waals surface area contributed by atoms with Gasteiger partial charge in [-0.2, -0.15) is 13.0 Å². The second-order valence-electron chi connectivity index (χ2n) is 9.69. The van der Waals surface area contributed by atoms with Crippen molar-refractivity contribution in [3.63, 3.8) is 0 Å². The summed E-state index contributed by atoms with van der Waals surface area (Å²) in [6.07, 6.45) is 4.46.